The fourth-order valence-electron chi connectivity index (χ4n) is 4.46. The van der Waals surface area contributed by atoms with Crippen molar-refractivity contribution >= 4 is 28.1 Å². The minimum absolute atomic E-state index is 0.0200. The number of fused-ring (bicyclic) bond motifs is 1. The smallest absolute Gasteiger partial charge is 0.390 e. The lowest BCUT2D eigenvalue weighted by Gasteiger charge is -2.22. The number of nitrogens with zero attached hydrogens (tertiary/aromatic N) is 3. The molecule has 11 heteroatoms. The first-order valence-electron chi connectivity index (χ1n) is 12.3. The molecule has 0 saturated heterocycles. The zero-order chi connectivity index (χ0) is 26.7. The standard InChI is InChI=1S/C27H27F3N6OS/c28-27(29,30)10-11-32-22-8-9-23-24(13-22)38-26(34-23)35-25(37)19-3-1-2-17(12-19)15-36-16-20(14-33-36)18-4-6-21(31)7-5-18/h1-7,12,14,16,22,32H,8-11,13,15,31H2,(H,34,35,37)/t22-/m0/s1. The van der Waals surface area contributed by atoms with E-state index in [1.165, 1.54) is 11.3 Å². The normalized spacial score (nSPS) is 15.3. The van der Waals surface area contributed by atoms with E-state index in [9.17, 15) is 18.0 Å². The monoisotopic (exact) mass is 540 g/mol. The average Bonchev–Trinajstić information content (AvgIpc) is 3.50. The molecule has 0 radical (unpaired) electrons. The number of carbonyl (C=O) groups is 1. The van der Waals surface area contributed by atoms with E-state index in [1.54, 1.807) is 12.3 Å². The summed E-state index contributed by atoms with van der Waals surface area (Å²) in [7, 11) is 0. The summed E-state index contributed by atoms with van der Waals surface area (Å²) in [6.07, 6.45) is 0.736. The molecule has 38 heavy (non-hydrogen) atoms. The van der Waals surface area contributed by atoms with Crippen molar-refractivity contribution in [1.29, 1.82) is 0 Å². The third-order valence-electron chi connectivity index (χ3n) is 6.41. The highest BCUT2D eigenvalue weighted by Crippen LogP contribution is 2.30. The van der Waals surface area contributed by atoms with Crippen LogP contribution in [0.25, 0.3) is 11.1 Å². The summed E-state index contributed by atoms with van der Waals surface area (Å²) in [5.41, 5.74) is 10.8. The van der Waals surface area contributed by atoms with Gasteiger partial charge in [0.25, 0.3) is 5.91 Å². The molecule has 1 aliphatic carbocycles. The Morgan fingerprint density at radius 3 is 2.76 bits per heavy atom. The Bertz CT molecular complexity index is 1410. The molecule has 4 N–H and O–H groups in total. The third-order valence-corrected chi connectivity index (χ3v) is 7.45. The Morgan fingerprint density at radius 1 is 1.16 bits per heavy atom. The Hall–Kier alpha value is -3.70. The summed E-state index contributed by atoms with van der Waals surface area (Å²) in [6.45, 7) is 0.411. The van der Waals surface area contributed by atoms with Crippen LogP contribution in [-0.2, 0) is 19.4 Å². The van der Waals surface area contributed by atoms with Gasteiger partial charge in [-0.2, -0.15) is 18.3 Å². The van der Waals surface area contributed by atoms with Crippen molar-refractivity contribution in [1.82, 2.24) is 20.1 Å². The lowest BCUT2D eigenvalue weighted by molar-refractivity contribution is -0.133. The second kappa shape index (κ2) is 11.0. The molecule has 2 aromatic carbocycles. The minimum atomic E-state index is -4.16. The van der Waals surface area contributed by atoms with Crippen LogP contribution >= 0.6 is 11.3 Å². The van der Waals surface area contributed by atoms with Crippen molar-refractivity contribution < 1.29 is 18.0 Å². The van der Waals surface area contributed by atoms with Crippen LogP contribution in [0.4, 0.5) is 24.0 Å². The van der Waals surface area contributed by atoms with E-state index < -0.39 is 12.6 Å². The van der Waals surface area contributed by atoms with E-state index in [0.29, 0.717) is 35.8 Å². The van der Waals surface area contributed by atoms with Crippen molar-refractivity contribution in [3.8, 4) is 11.1 Å². The predicted octanol–water partition coefficient (Wildman–Crippen LogP) is 5.29. The second-order valence-electron chi connectivity index (χ2n) is 9.35. The largest absolute Gasteiger partial charge is 0.399 e. The van der Waals surface area contributed by atoms with E-state index in [-0.39, 0.29) is 18.5 Å². The first-order chi connectivity index (χ1) is 18.2. The fourth-order valence-corrected chi connectivity index (χ4v) is 5.55. The molecular weight excluding hydrogens is 513 g/mol. The number of aryl methyl sites for hydroxylation is 1. The van der Waals surface area contributed by atoms with Crippen molar-refractivity contribution in [3.63, 3.8) is 0 Å². The maximum absolute atomic E-state index is 13.0. The van der Waals surface area contributed by atoms with Gasteiger partial charge < -0.3 is 11.1 Å². The Morgan fingerprint density at radius 2 is 1.97 bits per heavy atom. The van der Waals surface area contributed by atoms with Gasteiger partial charge in [-0.25, -0.2) is 4.98 Å². The fraction of sp³-hybridized carbons (Fsp3) is 0.296. The summed E-state index contributed by atoms with van der Waals surface area (Å²) in [5, 5.41) is 10.8. The number of aromatic nitrogens is 3. The van der Waals surface area contributed by atoms with Crippen molar-refractivity contribution in [2.45, 2.75) is 44.4 Å². The number of nitrogens with two attached hydrogens (primary N) is 1. The summed E-state index contributed by atoms with van der Waals surface area (Å²) < 4.78 is 39.1. The number of carbonyl (C=O) groups excluding carboxylic acids is 1. The molecule has 4 aromatic rings. The van der Waals surface area contributed by atoms with Gasteiger partial charge in [0.1, 0.15) is 0 Å². The van der Waals surface area contributed by atoms with Gasteiger partial charge >= 0.3 is 6.18 Å². The van der Waals surface area contributed by atoms with Gasteiger partial charge in [0.2, 0.25) is 0 Å². The molecule has 5 rings (SSSR count). The molecule has 7 nitrogen and oxygen atoms in total. The molecule has 2 aromatic heterocycles. The van der Waals surface area contributed by atoms with E-state index in [1.807, 2.05) is 53.3 Å². The number of alkyl halides is 3. The molecule has 0 fully saturated rings. The molecule has 0 unspecified atom stereocenters. The molecule has 1 amide bonds. The van der Waals surface area contributed by atoms with Crippen LogP contribution in [0.3, 0.4) is 0 Å². The molecule has 0 bridgehead atoms. The van der Waals surface area contributed by atoms with Gasteiger partial charge in [-0.1, -0.05) is 24.3 Å². The number of nitrogen functional groups attached to an aromatic ring is 1. The first kappa shape index (κ1) is 25.9. The van der Waals surface area contributed by atoms with Crippen LogP contribution in [0, 0.1) is 0 Å². The van der Waals surface area contributed by atoms with E-state index in [4.69, 9.17) is 5.73 Å². The van der Waals surface area contributed by atoms with Gasteiger partial charge in [-0.15, -0.1) is 11.3 Å². The molecule has 0 saturated carbocycles. The molecule has 1 aliphatic rings. The molecule has 2 heterocycles. The molecular formula is C27H27F3N6OS. The quantitative estimate of drug-likeness (QED) is 0.264. The van der Waals surface area contributed by atoms with E-state index in [0.717, 1.165) is 33.7 Å². The van der Waals surface area contributed by atoms with Crippen molar-refractivity contribution in [2.75, 3.05) is 17.6 Å². The lowest BCUT2D eigenvalue weighted by Crippen LogP contribution is -2.36. The van der Waals surface area contributed by atoms with Crippen LogP contribution in [-0.4, -0.2) is 39.4 Å². The van der Waals surface area contributed by atoms with Crippen LogP contribution in [0.5, 0.6) is 0 Å². The highest BCUT2D eigenvalue weighted by molar-refractivity contribution is 7.15. The van der Waals surface area contributed by atoms with Gasteiger partial charge in [0.15, 0.2) is 5.13 Å². The SMILES string of the molecule is Nc1ccc(-c2cnn(Cc3cccc(C(=O)Nc4nc5c(s4)C[C@@H](NCCC(F)(F)F)CC5)c3)c2)cc1. The molecule has 1 atom stereocenters. The molecule has 198 valence electrons. The number of rotatable bonds is 8. The predicted molar refractivity (Wildman–Crippen MR) is 142 cm³/mol. The topological polar surface area (TPSA) is 97.9 Å². The van der Waals surface area contributed by atoms with Gasteiger partial charge in [0, 0.05) is 40.5 Å². The number of halogens is 3. The zero-order valence-corrected chi connectivity index (χ0v) is 21.3. The number of hydrogen-bond donors (Lipinski definition) is 3. The highest BCUT2D eigenvalue weighted by Gasteiger charge is 2.28. The maximum atomic E-state index is 13.0. The summed E-state index contributed by atoms with van der Waals surface area (Å²) in [4.78, 5) is 18.5. The minimum Gasteiger partial charge on any atom is -0.399 e. The van der Waals surface area contributed by atoms with Crippen LogP contribution < -0.4 is 16.4 Å². The van der Waals surface area contributed by atoms with Gasteiger partial charge in [-0.05, 0) is 54.7 Å². The van der Waals surface area contributed by atoms with Gasteiger partial charge in [-0.3, -0.25) is 14.8 Å². The number of benzene rings is 2. The molecule has 0 aliphatic heterocycles. The maximum Gasteiger partial charge on any atom is 0.390 e. The Labute approximate surface area is 221 Å². The van der Waals surface area contributed by atoms with Crippen molar-refractivity contribution in [3.05, 3.63) is 82.6 Å². The Balaban J connectivity index is 1.19. The number of nitrogens with one attached hydrogen (secondary N) is 2. The van der Waals surface area contributed by atoms with Crippen LogP contribution in [0.1, 0.15) is 39.3 Å². The first-order valence-corrected chi connectivity index (χ1v) is 13.1. The molecule has 0 spiro atoms. The summed E-state index contributed by atoms with van der Waals surface area (Å²) >= 11 is 1.38. The summed E-state index contributed by atoms with van der Waals surface area (Å²) in [6, 6.07) is 14.9. The van der Waals surface area contributed by atoms with Crippen LogP contribution in [0.2, 0.25) is 0 Å². The van der Waals surface area contributed by atoms with Crippen LogP contribution in [0.15, 0.2) is 60.9 Å². The summed E-state index contributed by atoms with van der Waals surface area (Å²) in [5.74, 6) is -0.263. The number of amides is 1. The van der Waals surface area contributed by atoms with Crippen molar-refractivity contribution in [2.24, 2.45) is 0 Å². The van der Waals surface area contributed by atoms with E-state index in [2.05, 4.69) is 20.7 Å². The number of hydrogen-bond acceptors (Lipinski definition) is 6. The second-order valence-corrected chi connectivity index (χ2v) is 10.4. The van der Waals surface area contributed by atoms with E-state index >= 15 is 0 Å². The lowest BCUT2D eigenvalue weighted by atomic mass is 9.97. The average molecular weight is 541 g/mol. The van der Waals surface area contributed by atoms with Gasteiger partial charge in [0.05, 0.1) is 24.9 Å². The third kappa shape index (κ3) is 6.59. The highest BCUT2D eigenvalue weighted by atomic mass is 32.1. The zero-order valence-electron chi connectivity index (χ0n) is 20.5. The number of anilines is 2. The Kier molecular flexibility index (Phi) is 7.48. The number of thiazole rings is 1.